The highest BCUT2D eigenvalue weighted by molar-refractivity contribution is 5.80. The van der Waals surface area contributed by atoms with Gasteiger partial charge in [0.25, 0.3) is 0 Å². The predicted molar refractivity (Wildman–Crippen MR) is 53.9 cm³/mol. The lowest BCUT2D eigenvalue weighted by Gasteiger charge is -2.10. The average molecular weight is 219 g/mol. The first-order valence-electron chi connectivity index (χ1n) is 4.42. The molecule has 0 aliphatic rings. The van der Waals surface area contributed by atoms with Crippen LogP contribution in [0, 0.1) is 18.3 Å². The zero-order chi connectivity index (χ0) is 12.3. The van der Waals surface area contributed by atoms with E-state index in [4.69, 9.17) is 10.4 Å². The van der Waals surface area contributed by atoms with Crippen LogP contribution < -0.4 is 0 Å². The summed E-state index contributed by atoms with van der Waals surface area (Å²) < 4.78 is 0. The summed E-state index contributed by atoms with van der Waals surface area (Å²) in [7, 11) is 0. The second kappa shape index (κ2) is 4.55. The quantitative estimate of drug-likeness (QED) is 0.732. The molecule has 0 heterocycles. The number of nitrogens with zero attached hydrogens (tertiary/aromatic N) is 1. The Bertz CT molecular complexity index is 487. The molecule has 2 N–H and O–H groups in total. The number of aldehydes is 1. The van der Waals surface area contributed by atoms with Crippen molar-refractivity contribution in [2.45, 2.75) is 13.0 Å². The number of carboxylic acids is 1. The fourth-order valence-electron chi connectivity index (χ4n) is 1.33. The lowest BCUT2D eigenvalue weighted by molar-refractivity contribution is -0.146. The summed E-state index contributed by atoms with van der Waals surface area (Å²) in [5.41, 5.74) is 0.808. The van der Waals surface area contributed by atoms with Crippen molar-refractivity contribution in [1.29, 1.82) is 5.26 Å². The first-order chi connectivity index (χ1) is 7.51. The van der Waals surface area contributed by atoms with Gasteiger partial charge < -0.3 is 10.2 Å². The van der Waals surface area contributed by atoms with Crippen LogP contribution in [0.5, 0.6) is 0 Å². The SMILES string of the molecule is Cc1cc(C(O)C(=O)O)c(C#N)cc1C=O. The van der Waals surface area contributed by atoms with E-state index in [1.807, 2.05) is 0 Å². The van der Waals surface area contributed by atoms with Crippen LogP contribution in [0.15, 0.2) is 12.1 Å². The van der Waals surface area contributed by atoms with Crippen molar-refractivity contribution < 1.29 is 19.8 Å². The fourth-order valence-corrected chi connectivity index (χ4v) is 1.33. The van der Waals surface area contributed by atoms with E-state index in [1.165, 1.54) is 12.1 Å². The van der Waals surface area contributed by atoms with E-state index in [-0.39, 0.29) is 11.1 Å². The number of carboxylic acid groups (broad SMARTS) is 1. The van der Waals surface area contributed by atoms with Crippen LogP contribution in [0.2, 0.25) is 0 Å². The molecular weight excluding hydrogens is 210 g/mol. The topological polar surface area (TPSA) is 98.4 Å². The number of rotatable bonds is 3. The molecule has 1 rings (SSSR count). The number of aliphatic carboxylic acids is 1. The van der Waals surface area contributed by atoms with Gasteiger partial charge in [0.15, 0.2) is 6.10 Å². The minimum atomic E-state index is -1.76. The highest BCUT2D eigenvalue weighted by Crippen LogP contribution is 2.21. The maximum Gasteiger partial charge on any atom is 0.337 e. The number of benzene rings is 1. The Hall–Kier alpha value is -2.19. The lowest BCUT2D eigenvalue weighted by atomic mass is 9.97. The summed E-state index contributed by atoms with van der Waals surface area (Å²) in [5.74, 6) is -1.44. The van der Waals surface area contributed by atoms with Gasteiger partial charge in [0.2, 0.25) is 0 Å². The van der Waals surface area contributed by atoms with Crippen molar-refractivity contribution in [2.24, 2.45) is 0 Å². The maximum atomic E-state index is 10.6. The maximum absolute atomic E-state index is 10.6. The summed E-state index contributed by atoms with van der Waals surface area (Å²) in [5, 5.41) is 26.8. The second-order valence-corrected chi connectivity index (χ2v) is 3.27. The molecule has 1 unspecified atom stereocenters. The molecule has 0 saturated heterocycles. The predicted octanol–water partition coefficient (Wildman–Crippen LogP) is 0.797. The number of aliphatic hydroxyl groups excluding tert-OH is 1. The Morgan fingerprint density at radius 2 is 2.19 bits per heavy atom. The molecule has 5 nitrogen and oxygen atoms in total. The molecule has 16 heavy (non-hydrogen) atoms. The van der Waals surface area contributed by atoms with Crippen LogP contribution in [0.3, 0.4) is 0 Å². The number of nitriles is 1. The Morgan fingerprint density at radius 1 is 1.56 bits per heavy atom. The number of aliphatic hydroxyl groups is 1. The molecule has 1 aromatic rings. The zero-order valence-corrected chi connectivity index (χ0v) is 8.47. The lowest BCUT2D eigenvalue weighted by Crippen LogP contribution is -2.12. The zero-order valence-electron chi connectivity index (χ0n) is 8.47. The van der Waals surface area contributed by atoms with E-state index < -0.39 is 12.1 Å². The molecule has 0 saturated carbocycles. The molecule has 0 bridgehead atoms. The standard InChI is InChI=1S/C11H9NO4/c1-6-2-9(10(14)11(15)16)7(4-12)3-8(6)5-13/h2-3,5,10,14H,1H3,(H,15,16). The van der Waals surface area contributed by atoms with Crippen molar-refractivity contribution in [1.82, 2.24) is 0 Å². The van der Waals surface area contributed by atoms with Gasteiger partial charge in [0.1, 0.15) is 6.29 Å². The van der Waals surface area contributed by atoms with Gasteiger partial charge in [-0.05, 0) is 18.6 Å². The Kier molecular flexibility index (Phi) is 3.38. The Labute approximate surface area is 91.6 Å². The summed E-state index contributed by atoms with van der Waals surface area (Å²) in [4.78, 5) is 21.2. The van der Waals surface area contributed by atoms with E-state index in [1.54, 1.807) is 13.0 Å². The van der Waals surface area contributed by atoms with E-state index in [0.29, 0.717) is 17.4 Å². The molecule has 0 aliphatic heterocycles. The van der Waals surface area contributed by atoms with Gasteiger partial charge >= 0.3 is 5.97 Å². The van der Waals surface area contributed by atoms with Crippen LogP contribution in [-0.2, 0) is 4.79 Å². The van der Waals surface area contributed by atoms with Crippen molar-refractivity contribution in [3.05, 3.63) is 34.4 Å². The number of hydrogen-bond donors (Lipinski definition) is 2. The first-order valence-corrected chi connectivity index (χ1v) is 4.42. The summed E-state index contributed by atoms with van der Waals surface area (Å²) >= 11 is 0. The van der Waals surface area contributed by atoms with Crippen molar-refractivity contribution in [2.75, 3.05) is 0 Å². The van der Waals surface area contributed by atoms with Gasteiger partial charge in [-0.2, -0.15) is 5.26 Å². The molecule has 0 spiro atoms. The van der Waals surface area contributed by atoms with Crippen LogP contribution in [0.1, 0.15) is 33.2 Å². The van der Waals surface area contributed by atoms with Crippen LogP contribution >= 0.6 is 0 Å². The van der Waals surface area contributed by atoms with Gasteiger partial charge in [-0.3, -0.25) is 4.79 Å². The summed E-state index contributed by atoms with van der Waals surface area (Å²) in [6, 6.07) is 4.35. The number of aryl methyl sites for hydroxylation is 1. The monoisotopic (exact) mass is 219 g/mol. The Morgan fingerprint density at radius 3 is 2.62 bits per heavy atom. The van der Waals surface area contributed by atoms with Crippen molar-refractivity contribution >= 4 is 12.3 Å². The minimum Gasteiger partial charge on any atom is -0.479 e. The molecule has 1 atom stereocenters. The molecule has 0 fully saturated rings. The van der Waals surface area contributed by atoms with E-state index >= 15 is 0 Å². The first kappa shape index (κ1) is 11.9. The molecule has 0 radical (unpaired) electrons. The number of hydrogen-bond acceptors (Lipinski definition) is 4. The molecular formula is C11H9NO4. The van der Waals surface area contributed by atoms with Crippen LogP contribution in [0.25, 0.3) is 0 Å². The molecule has 0 amide bonds. The Balaban J connectivity index is 3.41. The number of carbonyl (C=O) groups is 2. The molecule has 0 aliphatic carbocycles. The average Bonchev–Trinajstić information content (AvgIpc) is 2.27. The van der Waals surface area contributed by atoms with Crippen molar-refractivity contribution in [3.8, 4) is 6.07 Å². The van der Waals surface area contributed by atoms with Crippen LogP contribution in [0.4, 0.5) is 0 Å². The summed E-state index contributed by atoms with van der Waals surface area (Å²) in [6.07, 6.45) is -1.18. The van der Waals surface area contributed by atoms with Gasteiger partial charge in [-0.25, -0.2) is 4.79 Å². The van der Waals surface area contributed by atoms with Gasteiger partial charge in [0, 0.05) is 11.1 Å². The van der Waals surface area contributed by atoms with E-state index in [2.05, 4.69) is 0 Å². The van der Waals surface area contributed by atoms with E-state index in [0.717, 1.165) is 0 Å². The smallest absolute Gasteiger partial charge is 0.337 e. The fraction of sp³-hybridized carbons (Fsp3) is 0.182. The number of carbonyl (C=O) groups excluding carboxylic acids is 1. The second-order valence-electron chi connectivity index (χ2n) is 3.27. The normalized spacial score (nSPS) is 11.6. The highest BCUT2D eigenvalue weighted by Gasteiger charge is 2.20. The molecule has 0 aromatic heterocycles. The minimum absolute atomic E-state index is 0.00176. The van der Waals surface area contributed by atoms with Crippen LogP contribution in [-0.4, -0.2) is 22.5 Å². The van der Waals surface area contributed by atoms with Gasteiger partial charge in [-0.1, -0.05) is 6.07 Å². The largest absolute Gasteiger partial charge is 0.479 e. The van der Waals surface area contributed by atoms with Gasteiger partial charge in [0.05, 0.1) is 11.6 Å². The molecule has 5 heteroatoms. The third-order valence-electron chi connectivity index (χ3n) is 2.21. The molecule has 82 valence electrons. The third kappa shape index (κ3) is 2.07. The van der Waals surface area contributed by atoms with E-state index in [9.17, 15) is 14.7 Å². The highest BCUT2D eigenvalue weighted by atomic mass is 16.4. The third-order valence-corrected chi connectivity index (χ3v) is 2.21. The van der Waals surface area contributed by atoms with Crippen molar-refractivity contribution in [3.63, 3.8) is 0 Å². The van der Waals surface area contributed by atoms with Gasteiger partial charge in [-0.15, -0.1) is 0 Å². The summed E-state index contributed by atoms with van der Waals surface area (Å²) in [6.45, 7) is 1.60. The molecule has 1 aromatic carbocycles.